The first-order chi connectivity index (χ1) is 41.9. The number of morpholine rings is 2. The van der Waals surface area contributed by atoms with Gasteiger partial charge in [0.2, 0.25) is 5.91 Å². The highest BCUT2D eigenvalue weighted by atomic mass is 16.5. The molecule has 0 aliphatic carbocycles. The van der Waals surface area contributed by atoms with E-state index in [-0.39, 0.29) is 22.8 Å². The van der Waals surface area contributed by atoms with Crippen LogP contribution in [0, 0.1) is 6.92 Å². The van der Waals surface area contributed by atoms with Gasteiger partial charge in [0.05, 0.1) is 79.1 Å². The van der Waals surface area contributed by atoms with Crippen LogP contribution in [0.3, 0.4) is 0 Å². The maximum absolute atomic E-state index is 13.4. The van der Waals surface area contributed by atoms with Crippen LogP contribution in [0.5, 0.6) is 5.75 Å². The smallest absolute Gasteiger partial charge is 0.324 e. The third-order valence-corrected chi connectivity index (χ3v) is 15.6. The van der Waals surface area contributed by atoms with Gasteiger partial charge >= 0.3 is 12.1 Å². The lowest BCUT2D eigenvalue weighted by molar-refractivity contribution is -0.115. The number of carbonyl (C=O) groups is 3. The number of anilines is 5. The second-order valence-corrected chi connectivity index (χ2v) is 24.1. The van der Waals surface area contributed by atoms with Gasteiger partial charge in [-0.2, -0.15) is 5.10 Å². The van der Waals surface area contributed by atoms with Crippen molar-refractivity contribution in [3.63, 3.8) is 0 Å². The van der Waals surface area contributed by atoms with Gasteiger partial charge in [0.15, 0.2) is 5.75 Å². The molecule has 5 heterocycles. The number of benzene rings is 6. The molecule has 17 heteroatoms. The number of urea groups is 2. The molecule has 9 aromatic rings. The molecule has 2 fully saturated rings. The van der Waals surface area contributed by atoms with Gasteiger partial charge in [-0.3, -0.25) is 29.9 Å². The van der Waals surface area contributed by atoms with Crippen molar-refractivity contribution < 1.29 is 28.6 Å². The maximum atomic E-state index is 13.4. The molecule has 5 N–H and O–H groups in total. The zero-order valence-corrected chi connectivity index (χ0v) is 51.3. The van der Waals surface area contributed by atoms with Crippen molar-refractivity contribution in [3.05, 3.63) is 180 Å². The van der Waals surface area contributed by atoms with Crippen LogP contribution in [0.4, 0.5) is 38.2 Å². The molecule has 0 atom stereocenters. The Bertz CT molecular complexity index is 3880. The first kappa shape index (κ1) is 61.1. The summed E-state index contributed by atoms with van der Waals surface area (Å²) in [6.45, 7) is 24.8. The third kappa shape index (κ3) is 15.2. The fourth-order valence-electron chi connectivity index (χ4n) is 10.6. The number of rotatable bonds is 14. The highest BCUT2D eigenvalue weighted by molar-refractivity contribution is 6.11. The van der Waals surface area contributed by atoms with Crippen molar-refractivity contribution in [2.24, 2.45) is 0 Å². The molecule has 11 rings (SSSR count). The number of hydrogen-bond donors (Lipinski definition) is 5. The van der Waals surface area contributed by atoms with Crippen molar-refractivity contribution >= 4 is 68.1 Å². The van der Waals surface area contributed by atoms with E-state index >= 15 is 0 Å². The van der Waals surface area contributed by atoms with E-state index in [1.54, 1.807) is 11.6 Å². The minimum atomic E-state index is -0.422. The van der Waals surface area contributed by atoms with Crippen LogP contribution in [0.25, 0.3) is 49.5 Å². The second-order valence-electron chi connectivity index (χ2n) is 24.1. The molecule has 17 nitrogen and oxygen atoms in total. The van der Waals surface area contributed by atoms with Crippen LogP contribution in [0.15, 0.2) is 152 Å². The zero-order chi connectivity index (χ0) is 61.2. The number of hydrogen-bond acceptors (Lipinski definition) is 11. The molecule has 5 amide bonds. The topological polar surface area (TPSA) is 189 Å². The number of nitrogens with one attached hydrogen (secondary N) is 5. The molecule has 2 aliphatic rings. The molecule has 0 unspecified atom stereocenters. The number of methoxy groups -OCH3 is 1. The van der Waals surface area contributed by atoms with Crippen LogP contribution in [0.2, 0.25) is 0 Å². The first-order valence-electron chi connectivity index (χ1n) is 29.8. The monoisotopic (exact) mass is 1170 g/mol. The van der Waals surface area contributed by atoms with E-state index < -0.39 is 6.03 Å². The van der Waals surface area contributed by atoms with Crippen molar-refractivity contribution in [2.75, 3.05) is 86.3 Å². The predicted octanol–water partition coefficient (Wildman–Crippen LogP) is 14.2. The summed E-state index contributed by atoms with van der Waals surface area (Å²) in [6.07, 6.45) is 4.18. The van der Waals surface area contributed by atoms with Gasteiger partial charge in [0, 0.05) is 91.5 Å². The van der Waals surface area contributed by atoms with E-state index in [2.05, 4.69) is 108 Å². The molecule has 3 aromatic heterocycles. The number of aryl methyl sites for hydroxylation is 1. The molecule has 0 spiro atoms. The summed E-state index contributed by atoms with van der Waals surface area (Å²) in [7, 11) is 1.52. The Morgan fingerprint density at radius 2 is 1.01 bits per heavy atom. The Morgan fingerprint density at radius 1 is 0.540 bits per heavy atom. The van der Waals surface area contributed by atoms with Gasteiger partial charge < -0.3 is 35.5 Å². The molecular formula is C70H79N11O6. The summed E-state index contributed by atoms with van der Waals surface area (Å²) in [5, 5.41) is 23.8. The van der Waals surface area contributed by atoms with Gasteiger partial charge in [-0.15, -0.1) is 0 Å². The molecule has 87 heavy (non-hydrogen) atoms. The minimum Gasteiger partial charge on any atom is -0.492 e. The van der Waals surface area contributed by atoms with E-state index in [0.717, 1.165) is 149 Å². The molecule has 2 aliphatic heterocycles. The third-order valence-electron chi connectivity index (χ3n) is 15.6. The Balaban J connectivity index is 0.000000193. The minimum absolute atomic E-state index is 0.140. The Kier molecular flexibility index (Phi) is 19.1. The first-order valence-corrected chi connectivity index (χ1v) is 29.8. The lowest BCUT2D eigenvalue weighted by atomic mass is 9.86. The highest BCUT2D eigenvalue weighted by Crippen LogP contribution is 2.40. The van der Waals surface area contributed by atoms with Crippen LogP contribution < -0.4 is 31.3 Å². The Labute approximate surface area is 509 Å². The summed E-state index contributed by atoms with van der Waals surface area (Å²) < 4.78 is 18.4. The fourth-order valence-corrected chi connectivity index (χ4v) is 10.6. The Hall–Kier alpha value is -9.00. The molecule has 450 valence electrons. The molecule has 0 saturated carbocycles. The largest absolute Gasteiger partial charge is 0.492 e. The maximum Gasteiger partial charge on any atom is 0.324 e. The number of nitrogens with zero attached hydrogens (tertiary/aromatic N) is 6. The number of aromatic nitrogens is 4. The summed E-state index contributed by atoms with van der Waals surface area (Å²) >= 11 is 0. The van der Waals surface area contributed by atoms with Gasteiger partial charge in [0.1, 0.15) is 5.82 Å². The summed E-state index contributed by atoms with van der Waals surface area (Å²) in [5.41, 5.74) is 12.1. The van der Waals surface area contributed by atoms with E-state index in [1.165, 1.54) is 7.11 Å². The lowest BCUT2D eigenvalue weighted by Gasteiger charge is -2.26. The number of pyridine rings is 2. The van der Waals surface area contributed by atoms with Crippen LogP contribution in [0.1, 0.15) is 83.1 Å². The molecule has 0 radical (unpaired) electrons. The summed E-state index contributed by atoms with van der Waals surface area (Å²) in [6, 6.07) is 45.5. The van der Waals surface area contributed by atoms with E-state index in [4.69, 9.17) is 29.3 Å². The normalized spacial score (nSPS) is 14.0. The number of ether oxygens (including phenoxy) is 3. The standard InChI is InChI=1S/C35H38N6O2.C35H41N5O4/c1-24-9-13-27(14-10-24)41-33(21-32(39-41)35(2,3)4)38-34(42)37-31-16-15-28(29-7-5-6-8-30(29)31)25-11-12-26(36-22-25)23-40-17-19-43-20-18-40;1-6-32(41)37-30-19-24(35(2,3)4)20-31(33(30)43-5)39-34(42)38-29-14-13-26(27-9-7-8-10-28(27)29)23-11-12-25(36-21-23)22-40-15-17-44-18-16-40/h5-16,21-22H,17-20,23H2,1-4H3,(H2,37,38,42);7-14,19-21H,6,15-18,22H2,1-5H3,(H,37,41)(H2,38,39,42). The van der Waals surface area contributed by atoms with E-state index in [9.17, 15) is 14.4 Å². The van der Waals surface area contributed by atoms with Crippen molar-refractivity contribution in [3.8, 4) is 33.7 Å². The number of fused-ring (bicyclic) bond motifs is 2. The van der Waals surface area contributed by atoms with Crippen LogP contribution in [-0.2, 0) is 38.2 Å². The molecular weight excluding hydrogens is 1090 g/mol. The van der Waals surface area contributed by atoms with Crippen molar-refractivity contribution in [1.82, 2.24) is 29.5 Å². The molecule has 6 aromatic carbocycles. The predicted molar refractivity (Wildman–Crippen MR) is 349 cm³/mol. The second kappa shape index (κ2) is 27.1. The number of amides is 5. The number of carbonyl (C=O) groups excluding carboxylic acids is 3. The van der Waals surface area contributed by atoms with Crippen LogP contribution in [-0.4, -0.2) is 107 Å². The highest BCUT2D eigenvalue weighted by Gasteiger charge is 2.25. The quantitative estimate of drug-likeness (QED) is 0.0697. The lowest BCUT2D eigenvalue weighted by Crippen LogP contribution is -2.35. The van der Waals surface area contributed by atoms with Gasteiger partial charge in [-0.25, -0.2) is 14.3 Å². The van der Waals surface area contributed by atoms with Gasteiger partial charge in [0.25, 0.3) is 0 Å². The average Bonchev–Trinajstić information content (AvgIpc) is 1.91. The average molecular weight is 1170 g/mol. The zero-order valence-electron chi connectivity index (χ0n) is 51.3. The summed E-state index contributed by atoms with van der Waals surface area (Å²) in [5.74, 6) is 0.855. The van der Waals surface area contributed by atoms with Crippen molar-refractivity contribution in [1.29, 1.82) is 0 Å². The van der Waals surface area contributed by atoms with E-state index in [1.807, 2.05) is 129 Å². The summed E-state index contributed by atoms with van der Waals surface area (Å²) in [4.78, 5) is 53.3. The SMILES string of the molecule is CCC(=O)Nc1cc(C(C)(C)C)cc(NC(=O)Nc2ccc(-c3ccc(CN4CCOCC4)nc3)c3ccccc23)c1OC.Cc1ccc(-n2nc(C(C)(C)C)cc2NC(=O)Nc2ccc(-c3ccc(CN4CCOCC4)nc3)c3ccccc23)cc1. The fraction of sp³-hybridized carbons (Fsp3) is 0.314. The van der Waals surface area contributed by atoms with Gasteiger partial charge in [-0.1, -0.05) is 139 Å². The van der Waals surface area contributed by atoms with Gasteiger partial charge in [-0.05, 0) is 88.3 Å². The Morgan fingerprint density at radius 3 is 1.46 bits per heavy atom. The molecule has 2 saturated heterocycles. The molecule has 0 bridgehead atoms. The van der Waals surface area contributed by atoms with Crippen molar-refractivity contribution in [2.45, 2.75) is 85.7 Å². The van der Waals surface area contributed by atoms with E-state index in [0.29, 0.717) is 35.1 Å². The van der Waals surface area contributed by atoms with Crippen LogP contribution >= 0.6 is 0 Å².